The Hall–Kier alpha value is -3.59. The number of hydrogen-bond donors (Lipinski definition) is 1. The maximum absolute atomic E-state index is 13.3. The average Bonchev–Trinajstić information content (AvgIpc) is 2.75. The van der Waals surface area contributed by atoms with Crippen LogP contribution in [0.15, 0.2) is 58.1 Å². The molecule has 0 saturated heterocycles. The number of benzene rings is 2. The Labute approximate surface area is 177 Å². The molecule has 3 aromatic rings. The number of methoxy groups -OCH3 is 1. The summed E-state index contributed by atoms with van der Waals surface area (Å²) in [5, 5.41) is 6.61. The standard InChI is InChI=1S/C22H23FN4O4/c1-15-5-3-6-16(13-15)14-26-21(29)19(20(28)24-11-4-12-31-2)25-27(22(26)30)18-9-7-17(23)8-10-18/h3,5-10,13H,4,11-12,14H2,1-2H3,(H,24,28). The van der Waals surface area contributed by atoms with Crippen LogP contribution in [0.5, 0.6) is 0 Å². The number of carbonyl (C=O) groups is 1. The molecule has 162 valence electrons. The van der Waals surface area contributed by atoms with Crippen molar-refractivity contribution in [3.8, 4) is 5.69 Å². The summed E-state index contributed by atoms with van der Waals surface area (Å²) >= 11 is 0. The minimum atomic E-state index is -0.797. The second-order valence-corrected chi connectivity index (χ2v) is 7.00. The van der Waals surface area contributed by atoms with Gasteiger partial charge in [0.1, 0.15) is 5.82 Å². The van der Waals surface area contributed by atoms with Crippen molar-refractivity contribution in [2.45, 2.75) is 19.9 Å². The molecule has 0 spiro atoms. The van der Waals surface area contributed by atoms with Gasteiger partial charge in [-0.3, -0.25) is 14.2 Å². The van der Waals surface area contributed by atoms with Crippen molar-refractivity contribution in [3.63, 3.8) is 0 Å². The van der Waals surface area contributed by atoms with Gasteiger partial charge < -0.3 is 10.1 Å². The fourth-order valence-electron chi connectivity index (χ4n) is 3.04. The van der Waals surface area contributed by atoms with E-state index in [0.29, 0.717) is 13.0 Å². The monoisotopic (exact) mass is 426 g/mol. The summed E-state index contributed by atoms with van der Waals surface area (Å²) in [6, 6.07) is 12.4. The molecule has 3 rings (SSSR count). The number of halogens is 1. The minimum Gasteiger partial charge on any atom is -0.385 e. The highest BCUT2D eigenvalue weighted by Crippen LogP contribution is 2.07. The third kappa shape index (κ3) is 5.32. The molecule has 0 saturated carbocycles. The molecule has 0 bridgehead atoms. The maximum atomic E-state index is 13.3. The molecule has 1 amide bonds. The fraction of sp³-hybridized carbons (Fsp3) is 0.273. The highest BCUT2D eigenvalue weighted by molar-refractivity contribution is 5.91. The third-order valence-electron chi connectivity index (χ3n) is 4.58. The lowest BCUT2D eigenvalue weighted by atomic mass is 10.1. The van der Waals surface area contributed by atoms with E-state index in [0.717, 1.165) is 20.4 Å². The molecule has 0 fully saturated rings. The van der Waals surface area contributed by atoms with Gasteiger partial charge in [0, 0.05) is 20.3 Å². The van der Waals surface area contributed by atoms with Gasteiger partial charge in [0.2, 0.25) is 5.69 Å². The van der Waals surface area contributed by atoms with Crippen molar-refractivity contribution >= 4 is 5.91 Å². The predicted molar refractivity (Wildman–Crippen MR) is 113 cm³/mol. The van der Waals surface area contributed by atoms with Crippen LogP contribution in [0.3, 0.4) is 0 Å². The van der Waals surface area contributed by atoms with Gasteiger partial charge in [0.15, 0.2) is 0 Å². The topological polar surface area (TPSA) is 95.2 Å². The number of amides is 1. The molecule has 0 radical (unpaired) electrons. The molecule has 9 heteroatoms. The maximum Gasteiger partial charge on any atom is 0.352 e. The number of nitrogens with one attached hydrogen (secondary N) is 1. The molecule has 2 aromatic carbocycles. The Morgan fingerprint density at radius 2 is 1.90 bits per heavy atom. The summed E-state index contributed by atoms with van der Waals surface area (Å²) < 4.78 is 20.2. The lowest BCUT2D eigenvalue weighted by Crippen LogP contribution is -2.46. The van der Waals surface area contributed by atoms with E-state index >= 15 is 0 Å². The van der Waals surface area contributed by atoms with Crippen LogP contribution in [0.1, 0.15) is 28.0 Å². The van der Waals surface area contributed by atoms with E-state index in [1.54, 1.807) is 13.2 Å². The first-order chi connectivity index (χ1) is 14.9. The Balaban J connectivity index is 2.08. The number of rotatable bonds is 8. The van der Waals surface area contributed by atoms with Crippen molar-refractivity contribution in [3.05, 3.63) is 92.0 Å². The Morgan fingerprint density at radius 1 is 1.16 bits per heavy atom. The van der Waals surface area contributed by atoms with Crippen LogP contribution >= 0.6 is 0 Å². The van der Waals surface area contributed by atoms with Gasteiger partial charge in [-0.2, -0.15) is 9.78 Å². The summed E-state index contributed by atoms with van der Waals surface area (Å²) in [4.78, 5) is 38.7. The Morgan fingerprint density at radius 3 is 2.58 bits per heavy atom. The predicted octanol–water partition coefficient (Wildman–Crippen LogP) is 1.66. The molecule has 0 atom stereocenters. The van der Waals surface area contributed by atoms with Crippen LogP contribution in [0.25, 0.3) is 5.69 Å². The highest BCUT2D eigenvalue weighted by Gasteiger charge is 2.20. The van der Waals surface area contributed by atoms with Gasteiger partial charge in [0.05, 0.1) is 12.2 Å². The molecule has 0 unspecified atom stereocenters. The number of ether oxygens (including phenoxy) is 1. The zero-order valence-corrected chi connectivity index (χ0v) is 17.3. The molecule has 0 aliphatic carbocycles. The van der Waals surface area contributed by atoms with Crippen LogP contribution in [0, 0.1) is 12.7 Å². The normalized spacial score (nSPS) is 10.8. The molecule has 1 heterocycles. The Bertz CT molecular complexity index is 1190. The van der Waals surface area contributed by atoms with Crippen LogP contribution < -0.4 is 16.6 Å². The summed E-state index contributed by atoms with van der Waals surface area (Å²) in [6.07, 6.45) is 0.553. The van der Waals surface area contributed by atoms with Crippen LogP contribution in [0.4, 0.5) is 4.39 Å². The van der Waals surface area contributed by atoms with E-state index in [4.69, 9.17) is 4.74 Å². The van der Waals surface area contributed by atoms with Crippen molar-refractivity contribution < 1.29 is 13.9 Å². The van der Waals surface area contributed by atoms with Gasteiger partial charge in [-0.25, -0.2) is 9.18 Å². The van der Waals surface area contributed by atoms with Crippen LogP contribution in [-0.4, -0.2) is 40.5 Å². The smallest absolute Gasteiger partial charge is 0.352 e. The molecule has 0 aliphatic rings. The first-order valence-corrected chi connectivity index (χ1v) is 9.73. The zero-order valence-electron chi connectivity index (χ0n) is 17.3. The van der Waals surface area contributed by atoms with Crippen molar-refractivity contribution in [1.29, 1.82) is 0 Å². The molecular weight excluding hydrogens is 403 g/mol. The number of aryl methyl sites for hydroxylation is 1. The van der Waals surface area contributed by atoms with Crippen LogP contribution in [-0.2, 0) is 11.3 Å². The quantitative estimate of drug-likeness (QED) is 0.553. The number of carbonyl (C=O) groups excluding carboxylic acids is 1. The molecule has 1 aromatic heterocycles. The van der Waals surface area contributed by atoms with Gasteiger partial charge in [-0.1, -0.05) is 29.8 Å². The van der Waals surface area contributed by atoms with Crippen molar-refractivity contribution in [2.24, 2.45) is 0 Å². The molecule has 0 aliphatic heterocycles. The Kier molecular flexibility index (Phi) is 7.09. The van der Waals surface area contributed by atoms with Crippen molar-refractivity contribution in [1.82, 2.24) is 19.7 Å². The molecule has 8 nitrogen and oxygen atoms in total. The van der Waals surface area contributed by atoms with E-state index in [-0.39, 0.29) is 18.8 Å². The summed E-state index contributed by atoms with van der Waals surface area (Å²) in [6.45, 7) is 2.59. The lowest BCUT2D eigenvalue weighted by molar-refractivity contribution is 0.0938. The van der Waals surface area contributed by atoms with E-state index in [1.807, 2.05) is 25.1 Å². The SMILES string of the molecule is COCCCNC(=O)c1nn(-c2ccc(F)cc2)c(=O)n(Cc2cccc(C)c2)c1=O. The summed E-state index contributed by atoms with van der Waals surface area (Å²) in [5.74, 6) is -1.18. The zero-order chi connectivity index (χ0) is 22.4. The highest BCUT2D eigenvalue weighted by atomic mass is 19.1. The van der Waals surface area contributed by atoms with Gasteiger partial charge in [0.25, 0.3) is 11.5 Å². The number of nitrogens with zero attached hydrogens (tertiary/aromatic N) is 3. The molecule has 1 N–H and O–H groups in total. The van der Waals surface area contributed by atoms with Crippen LogP contribution in [0.2, 0.25) is 0 Å². The first-order valence-electron chi connectivity index (χ1n) is 9.73. The van der Waals surface area contributed by atoms with E-state index in [9.17, 15) is 18.8 Å². The van der Waals surface area contributed by atoms with E-state index in [1.165, 1.54) is 24.3 Å². The van der Waals surface area contributed by atoms with Gasteiger partial charge >= 0.3 is 5.69 Å². The minimum absolute atomic E-state index is 0.0347. The lowest BCUT2D eigenvalue weighted by Gasteiger charge is -2.12. The number of aromatic nitrogens is 3. The largest absolute Gasteiger partial charge is 0.385 e. The van der Waals surface area contributed by atoms with Gasteiger partial charge in [-0.15, -0.1) is 0 Å². The third-order valence-corrected chi connectivity index (χ3v) is 4.58. The summed E-state index contributed by atoms with van der Waals surface area (Å²) in [5.41, 5.74) is -0.0212. The second-order valence-electron chi connectivity index (χ2n) is 7.00. The van der Waals surface area contributed by atoms with Crippen molar-refractivity contribution in [2.75, 3.05) is 20.3 Å². The van der Waals surface area contributed by atoms with E-state index < -0.39 is 28.7 Å². The second kappa shape index (κ2) is 9.94. The fourth-order valence-corrected chi connectivity index (χ4v) is 3.04. The first kappa shape index (κ1) is 22.1. The average molecular weight is 426 g/mol. The number of hydrogen-bond acceptors (Lipinski definition) is 5. The van der Waals surface area contributed by atoms with E-state index in [2.05, 4.69) is 10.4 Å². The summed E-state index contributed by atoms with van der Waals surface area (Å²) in [7, 11) is 1.55. The van der Waals surface area contributed by atoms with Gasteiger partial charge in [-0.05, 0) is 43.2 Å². The molecule has 31 heavy (non-hydrogen) atoms. The molecular formula is C22H23FN4O4.